The van der Waals surface area contributed by atoms with Crippen LogP contribution in [0.15, 0.2) is 23.2 Å². The zero-order chi connectivity index (χ0) is 21.8. The summed E-state index contributed by atoms with van der Waals surface area (Å²) in [5.41, 5.74) is 0.719. The van der Waals surface area contributed by atoms with Crippen LogP contribution in [0.3, 0.4) is 0 Å². The fourth-order valence-corrected chi connectivity index (χ4v) is 6.12. The molecule has 3 N–H and O–H groups in total. The number of carboxylic acids is 1. The minimum absolute atomic E-state index is 0.0485. The summed E-state index contributed by atoms with van der Waals surface area (Å²) in [4.78, 5) is 13.2. The first-order chi connectivity index (χ1) is 14.3. The summed E-state index contributed by atoms with van der Waals surface area (Å²) in [5, 5.41) is 29.5. The molecule has 3 rings (SSSR count). The van der Waals surface area contributed by atoms with E-state index in [1.807, 2.05) is 6.07 Å². The van der Waals surface area contributed by atoms with Gasteiger partial charge in [-0.3, -0.25) is 0 Å². The average molecular weight is 493 g/mol. The number of hydrogen-bond donors (Lipinski definition) is 3. The lowest BCUT2D eigenvalue weighted by molar-refractivity contribution is 0.0292. The minimum atomic E-state index is -1.04. The molecule has 1 unspecified atom stereocenters. The van der Waals surface area contributed by atoms with Crippen LogP contribution < -0.4 is 4.74 Å². The van der Waals surface area contributed by atoms with Crippen LogP contribution in [-0.4, -0.2) is 41.1 Å². The molecule has 3 atom stereocenters. The quantitative estimate of drug-likeness (QED) is 0.450. The van der Waals surface area contributed by atoms with Gasteiger partial charge >= 0.3 is 5.97 Å². The predicted octanol–water partition coefficient (Wildman–Crippen LogP) is 4.54. The summed E-state index contributed by atoms with van der Waals surface area (Å²) in [6.07, 6.45) is 2.40. The van der Waals surface area contributed by atoms with Gasteiger partial charge in [-0.1, -0.05) is 23.2 Å². The summed E-state index contributed by atoms with van der Waals surface area (Å²) >= 11 is 15.0. The van der Waals surface area contributed by atoms with Crippen LogP contribution in [0.5, 0.6) is 5.75 Å². The lowest BCUT2D eigenvalue weighted by atomic mass is 9.90. The van der Waals surface area contributed by atoms with Crippen molar-refractivity contribution in [2.24, 2.45) is 11.8 Å². The van der Waals surface area contributed by atoms with E-state index in [1.54, 1.807) is 12.1 Å². The van der Waals surface area contributed by atoms with E-state index < -0.39 is 12.1 Å². The molecule has 0 radical (unpaired) electrons. The summed E-state index contributed by atoms with van der Waals surface area (Å²) in [7, 11) is 1.43. The molecule has 0 fully saturated rings. The van der Waals surface area contributed by atoms with Crippen LogP contribution in [0.4, 0.5) is 0 Å². The molecule has 10 heteroatoms. The van der Waals surface area contributed by atoms with Crippen LogP contribution in [-0.2, 0) is 24.4 Å². The van der Waals surface area contributed by atoms with Crippen LogP contribution in [0.2, 0.25) is 4.34 Å². The van der Waals surface area contributed by atoms with Gasteiger partial charge in [0, 0.05) is 32.2 Å². The number of carbonyl (C=O) groups is 1. The number of halogens is 2. The minimum Gasteiger partial charge on any atom is -0.495 e. The normalized spacial score (nSPS) is 21.1. The third-order valence-corrected chi connectivity index (χ3v) is 8.02. The maximum Gasteiger partial charge on any atom is 0.349 e. The van der Waals surface area contributed by atoms with Gasteiger partial charge in [-0.25, -0.2) is 4.79 Å². The molecular formula is C20H22Cl2O6S2. The second-order valence-electron chi connectivity index (χ2n) is 6.95. The second kappa shape index (κ2) is 10.5. The molecule has 2 aromatic heterocycles. The van der Waals surface area contributed by atoms with Crippen molar-refractivity contribution in [2.75, 3.05) is 13.7 Å². The van der Waals surface area contributed by atoms with E-state index >= 15 is 0 Å². The molecule has 0 spiro atoms. The highest BCUT2D eigenvalue weighted by atomic mass is 35.5. The third-order valence-electron chi connectivity index (χ3n) is 5.04. The van der Waals surface area contributed by atoms with Gasteiger partial charge in [0.25, 0.3) is 0 Å². The second-order valence-corrected chi connectivity index (χ2v) is 10.3. The molecule has 0 bridgehead atoms. The third kappa shape index (κ3) is 5.37. The van der Waals surface area contributed by atoms with Crippen LogP contribution in [0, 0.1) is 11.8 Å². The first kappa shape index (κ1) is 23.5. The molecule has 1 aliphatic carbocycles. The highest BCUT2D eigenvalue weighted by molar-refractivity contribution is 7.16. The van der Waals surface area contributed by atoms with Crippen molar-refractivity contribution in [3.05, 3.63) is 47.8 Å². The van der Waals surface area contributed by atoms with E-state index in [1.165, 1.54) is 18.4 Å². The Balaban J connectivity index is 1.58. The highest BCUT2D eigenvalue weighted by Crippen LogP contribution is 2.39. The molecule has 0 aromatic carbocycles. The monoisotopic (exact) mass is 492 g/mol. The average Bonchev–Trinajstić information content (AvgIpc) is 3.36. The van der Waals surface area contributed by atoms with Gasteiger partial charge in [-0.05, 0) is 31.1 Å². The highest BCUT2D eigenvalue weighted by Gasteiger charge is 2.35. The molecule has 0 saturated heterocycles. The first-order valence-electron chi connectivity index (χ1n) is 9.25. The van der Waals surface area contributed by atoms with E-state index in [4.69, 9.17) is 32.7 Å². The van der Waals surface area contributed by atoms with Crippen molar-refractivity contribution < 1.29 is 29.6 Å². The van der Waals surface area contributed by atoms with Gasteiger partial charge in [-0.2, -0.15) is 0 Å². The molecule has 2 heterocycles. The van der Waals surface area contributed by atoms with Gasteiger partial charge in [0.05, 0.1) is 37.4 Å². The number of rotatable bonds is 10. The largest absolute Gasteiger partial charge is 0.495 e. The van der Waals surface area contributed by atoms with E-state index in [0.717, 1.165) is 39.5 Å². The standard InChI is InChI=1S/C20H22Cl2O6S2/c1-27-17-5-12(29-18(17)20(25)26)8-28-9-14-13(15(21)6-16(14)24)3-2-11-4-10(7-23)19(22)30-11/h4-6,13-14,16,23-24H,2-3,7-9H2,1H3,(H,25,26)/t13-,14-,16?/m1/s1. The molecule has 6 nitrogen and oxygen atoms in total. The number of carboxylic acid groups (broad SMARTS) is 1. The molecule has 30 heavy (non-hydrogen) atoms. The number of hydrogen-bond acceptors (Lipinski definition) is 7. The van der Waals surface area contributed by atoms with Gasteiger partial charge in [0.1, 0.15) is 5.75 Å². The first-order valence-corrected chi connectivity index (χ1v) is 11.6. The van der Waals surface area contributed by atoms with Crippen molar-refractivity contribution in [1.29, 1.82) is 0 Å². The lowest BCUT2D eigenvalue weighted by Gasteiger charge is -2.23. The summed E-state index contributed by atoms with van der Waals surface area (Å²) in [6.45, 7) is 0.419. The Morgan fingerprint density at radius 1 is 1.23 bits per heavy atom. The number of aryl methyl sites for hydroxylation is 1. The molecule has 164 valence electrons. The number of aromatic carboxylic acids is 1. The zero-order valence-corrected chi connectivity index (χ0v) is 19.3. The van der Waals surface area contributed by atoms with E-state index in [9.17, 15) is 20.1 Å². The smallest absolute Gasteiger partial charge is 0.349 e. The fourth-order valence-electron chi connectivity index (χ4n) is 3.50. The van der Waals surface area contributed by atoms with Gasteiger partial charge < -0.3 is 24.8 Å². The van der Waals surface area contributed by atoms with E-state index in [-0.39, 0.29) is 36.5 Å². The Hall–Kier alpha value is -1.13. The number of aliphatic hydroxyl groups excluding tert-OH is 2. The van der Waals surface area contributed by atoms with Crippen molar-refractivity contribution in [1.82, 2.24) is 0 Å². The van der Waals surface area contributed by atoms with Crippen molar-refractivity contribution >= 4 is 51.8 Å². The number of ether oxygens (including phenoxy) is 2. The summed E-state index contributed by atoms with van der Waals surface area (Å²) in [5.74, 6) is -0.964. The lowest BCUT2D eigenvalue weighted by Crippen LogP contribution is -2.26. The maximum atomic E-state index is 11.2. The zero-order valence-electron chi connectivity index (χ0n) is 16.1. The molecule has 0 amide bonds. The number of aliphatic hydroxyl groups is 2. The number of methoxy groups -OCH3 is 1. The molecule has 0 aliphatic heterocycles. The SMILES string of the molecule is COc1cc(COC[C@H]2C(O)C=C(Cl)[C@@H]2CCc2cc(CO)c(Cl)s2)sc1C(=O)O. The van der Waals surface area contributed by atoms with Crippen molar-refractivity contribution in [3.8, 4) is 5.75 Å². The van der Waals surface area contributed by atoms with Gasteiger partial charge in [-0.15, -0.1) is 22.7 Å². The molecular weight excluding hydrogens is 471 g/mol. The Kier molecular flexibility index (Phi) is 8.20. The number of thiophene rings is 2. The molecule has 1 aliphatic rings. The van der Waals surface area contributed by atoms with Crippen LogP contribution in [0.25, 0.3) is 0 Å². The fraction of sp³-hybridized carbons (Fsp3) is 0.450. The topological polar surface area (TPSA) is 96.2 Å². The van der Waals surface area contributed by atoms with Crippen molar-refractivity contribution in [3.63, 3.8) is 0 Å². The Bertz CT molecular complexity index is 923. The van der Waals surface area contributed by atoms with Crippen molar-refractivity contribution in [2.45, 2.75) is 32.2 Å². The van der Waals surface area contributed by atoms with Gasteiger partial charge in [0.15, 0.2) is 4.88 Å². The van der Waals surface area contributed by atoms with Crippen LogP contribution in [0.1, 0.15) is 31.4 Å². The predicted molar refractivity (Wildman–Crippen MR) is 118 cm³/mol. The van der Waals surface area contributed by atoms with E-state index in [0.29, 0.717) is 15.1 Å². The Labute approximate surface area is 192 Å². The number of allylic oxidation sites excluding steroid dienone is 1. The van der Waals surface area contributed by atoms with Crippen LogP contribution >= 0.6 is 45.9 Å². The molecule has 2 aromatic rings. The van der Waals surface area contributed by atoms with Gasteiger partial charge in [0.2, 0.25) is 0 Å². The Morgan fingerprint density at radius 2 is 2.00 bits per heavy atom. The summed E-state index contributed by atoms with van der Waals surface area (Å²) in [6, 6.07) is 3.55. The Morgan fingerprint density at radius 3 is 2.60 bits per heavy atom. The molecule has 0 saturated carbocycles. The van der Waals surface area contributed by atoms with E-state index in [2.05, 4.69) is 0 Å². The summed E-state index contributed by atoms with van der Waals surface area (Å²) < 4.78 is 11.5. The maximum absolute atomic E-state index is 11.2.